The zero-order valence-electron chi connectivity index (χ0n) is 15.5. The molecule has 0 saturated heterocycles. The number of aryl methyl sites for hydroxylation is 2. The minimum absolute atomic E-state index is 0.274. The topological polar surface area (TPSA) is 40.8 Å². The first-order valence-corrected chi connectivity index (χ1v) is 8.86. The zero-order valence-corrected chi connectivity index (χ0v) is 15.5. The van der Waals surface area contributed by atoms with Crippen LogP contribution in [0.3, 0.4) is 0 Å². The van der Waals surface area contributed by atoms with Gasteiger partial charge in [0.1, 0.15) is 18.2 Å². The summed E-state index contributed by atoms with van der Waals surface area (Å²) in [6, 6.07) is 16.7. The number of fused-ring (bicyclic) bond motifs is 3. The van der Waals surface area contributed by atoms with Crippen molar-refractivity contribution in [3.05, 3.63) is 65.4 Å². The lowest BCUT2D eigenvalue weighted by Crippen LogP contribution is -2.30. The Bertz CT molecular complexity index is 1190. The highest BCUT2D eigenvalue weighted by atomic mass is 16.3. The van der Waals surface area contributed by atoms with Crippen LogP contribution in [0.5, 0.6) is 0 Å². The molecule has 0 amide bonds. The van der Waals surface area contributed by atoms with Crippen molar-refractivity contribution in [2.75, 3.05) is 0 Å². The minimum atomic E-state index is 0.274. The number of hydrogen-bond acceptors (Lipinski definition) is 2. The molecule has 0 aliphatic rings. The molecule has 0 aliphatic carbocycles. The molecule has 0 aliphatic heterocycles. The first kappa shape index (κ1) is 16.4. The summed E-state index contributed by atoms with van der Waals surface area (Å²) in [7, 11) is 2.05. The van der Waals surface area contributed by atoms with Crippen LogP contribution in [0.2, 0.25) is 0 Å². The van der Waals surface area contributed by atoms with Crippen molar-refractivity contribution >= 4 is 21.9 Å². The van der Waals surface area contributed by atoms with Crippen LogP contribution in [-0.4, -0.2) is 0 Å². The predicted octanol–water partition coefficient (Wildman–Crippen LogP) is 5.38. The normalized spacial score (nSPS) is 11.4. The molecule has 128 valence electrons. The second-order valence-electron chi connectivity index (χ2n) is 7.13. The SMILES string of the molecule is Cc1ccc2oc3cc(C(C)C)c(C#N)cc3c2c1-c1cccc[n+]1C. The molecule has 2 heterocycles. The summed E-state index contributed by atoms with van der Waals surface area (Å²) in [5.41, 5.74) is 6.92. The van der Waals surface area contributed by atoms with Crippen molar-refractivity contribution in [1.82, 2.24) is 0 Å². The highest BCUT2D eigenvalue weighted by molar-refractivity contribution is 6.13. The third kappa shape index (κ3) is 2.38. The molecule has 0 saturated carbocycles. The molecule has 4 rings (SSSR count). The van der Waals surface area contributed by atoms with Gasteiger partial charge in [-0.3, -0.25) is 0 Å². The number of rotatable bonds is 2. The average Bonchev–Trinajstić information content (AvgIpc) is 2.99. The summed E-state index contributed by atoms with van der Waals surface area (Å²) < 4.78 is 8.30. The fourth-order valence-electron chi connectivity index (χ4n) is 3.72. The van der Waals surface area contributed by atoms with E-state index in [4.69, 9.17) is 4.42 Å². The van der Waals surface area contributed by atoms with Gasteiger partial charge in [0.15, 0.2) is 6.20 Å². The monoisotopic (exact) mass is 341 g/mol. The van der Waals surface area contributed by atoms with Crippen molar-refractivity contribution in [3.8, 4) is 17.3 Å². The number of pyridine rings is 1. The maximum Gasteiger partial charge on any atom is 0.213 e. The van der Waals surface area contributed by atoms with E-state index in [9.17, 15) is 5.26 Å². The summed E-state index contributed by atoms with van der Waals surface area (Å²) in [6.45, 7) is 6.32. The van der Waals surface area contributed by atoms with Crippen LogP contribution >= 0.6 is 0 Å². The molecule has 2 aromatic heterocycles. The quantitative estimate of drug-likeness (QED) is 0.459. The van der Waals surface area contributed by atoms with Crippen molar-refractivity contribution < 1.29 is 8.98 Å². The maximum atomic E-state index is 9.64. The molecule has 0 bridgehead atoms. The number of hydrogen-bond donors (Lipinski definition) is 0. The highest BCUT2D eigenvalue weighted by Gasteiger charge is 2.21. The lowest BCUT2D eigenvalue weighted by molar-refractivity contribution is -0.660. The first-order valence-electron chi connectivity index (χ1n) is 8.86. The zero-order chi connectivity index (χ0) is 18.4. The molecule has 0 atom stereocenters. The smallest absolute Gasteiger partial charge is 0.213 e. The second-order valence-corrected chi connectivity index (χ2v) is 7.13. The number of aromatic nitrogens is 1. The van der Waals surface area contributed by atoms with E-state index >= 15 is 0 Å². The molecule has 3 nitrogen and oxygen atoms in total. The van der Waals surface area contributed by atoms with E-state index in [-0.39, 0.29) is 5.92 Å². The number of benzene rings is 2. The van der Waals surface area contributed by atoms with E-state index in [2.05, 4.69) is 43.5 Å². The van der Waals surface area contributed by atoms with Gasteiger partial charge in [-0.25, -0.2) is 4.57 Å². The van der Waals surface area contributed by atoms with Gasteiger partial charge in [-0.1, -0.05) is 19.9 Å². The second kappa shape index (κ2) is 6.00. The molecule has 3 heteroatoms. The molecule has 0 unspecified atom stereocenters. The van der Waals surface area contributed by atoms with Crippen LogP contribution in [0.4, 0.5) is 0 Å². The molecular weight excluding hydrogens is 320 g/mol. The van der Waals surface area contributed by atoms with E-state index in [0.29, 0.717) is 0 Å². The van der Waals surface area contributed by atoms with Crippen molar-refractivity contribution in [2.45, 2.75) is 26.7 Å². The third-order valence-corrected chi connectivity index (χ3v) is 5.07. The van der Waals surface area contributed by atoms with Gasteiger partial charge in [-0.15, -0.1) is 0 Å². The molecule has 0 N–H and O–H groups in total. The maximum absolute atomic E-state index is 9.64. The van der Waals surface area contributed by atoms with Gasteiger partial charge < -0.3 is 4.42 Å². The standard InChI is InChI=1S/C23H21N2O/c1-14(2)17-12-21-18(11-16(17)13-24)23-20(26-21)9-8-15(3)22(23)19-7-5-6-10-25(19)4/h5-12,14H,1-4H3/q+1. The van der Waals surface area contributed by atoms with E-state index in [0.717, 1.165) is 44.3 Å². The van der Waals surface area contributed by atoms with Crippen LogP contribution in [0.15, 0.2) is 53.1 Å². The Balaban J connectivity index is 2.17. The first-order chi connectivity index (χ1) is 12.5. The van der Waals surface area contributed by atoms with Crippen LogP contribution < -0.4 is 4.57 Å². The Morgan fingerprint density at radius 2 is 1.88 bits per heavy atom. The Morgan fingerprint density at radius 1 is 1.08 bits per heavy atom. The van der Waals surface area contributed by atoms with Gasteiger partial charge in [-0.05, 0) is 48.2 Å². The fraction of sp³-hybridized carbons (Fsp3) is 0.217. The van der Waals surface area contributed by atoms with E-state index in [1.807, 2.05) is 43.6 Å². The molecule has 4 aromatic rings. The van der Waals surface area contributed by atoms with Gasteiger partial charge in [0, 0.05) is 22.9 Å². The van der Waals surface area contributed by atoms with Crippen LogP contribution in [0, 0.1) is 18.3 Å². The minimum Gasteiger partial charge on any atom is -0.456 e. The summed E-state index contributed by atoms with van der Waals surface area (Å²) >= 11 is 0. The summed E-state index contributed by atoms with van der Waals surface area (Å²) in [6.07, 6.45) is 2.05. The number of furan rings is 1. The molecule has 0 spiro atoms. The van der Waals surface area contributed by atoms with E-state index in [1.165, 1.54) is 5.56 Å². The van der Waals surface area contributed by atoms with E-state index in [1.54, 1.807) is 0 Å². The van der Waals surface area contributed by atoms with Gasteiger partial charge in [-0.2, -0.15) is 5.26 Å². The summed E-state index contributed by atoms with van der Waals surface area (Å²) in [4.78, 5) is 0. The van der Waals surface area contributed by atoms with Gasteiger partial charge in [0.2, 0.25) is 5.69 Å². The van der Waals surface area contributed by atoms with Gasteiger partial charge in [0.05, 0.1) is 17.2 Å². The molecule has 0 radical (unpaired) electrons. The van der Waals surface area contributed by atoms with Crippen LogP contribution in [0.1, 0.15) is 36.5 Å². The predicted molar refractivity (Wildman–Crippen MR) is 104 cm³/mol. The lowest BCUT2D eigenvalue weighted by Gasteiger charge is -2.08. The lowest BCUT2D eigenvalue weighted by atomic mass is 9.93. The summed E-state index contributed by atoms with van der Waals surface area (Å²) in [5.74, 6) is 0.274. The Morgan fingerprint density at radius 3 is 2.58 bits per heavy atom. The van der Waals surface area contributed by atoms with Crippen molar-refractivity contribution in [1.29, 1.82) is 5.26 Å². The Kier molecular flexibility index (Phi) is 3.77. The fourth-order valence-corrected chi connectivity index (χ4v) is 3.72. The number of nitriles is 1. The molecule has 26 heavy (non-hydrogen) atoms. The van der Waals surface area contributed by atoms with E-state index < -0.39 is 0 Å². The Labute approximate surface area is 153 Å². The van der Waals surface area contributed by atoms with Crippen molar-refractivity contribution in [2.24, 2.45) is 7.05 Å². The van der Waals surface area contributed by atoms with Crippen LogP contribution in [0.25, 0.3) is 33.2 Å². The van der Waals surface area contributed by atoms with Gasteiger partial charge >= 0.3 is 0 Å². The largest absolute Gasteiger partial charge is 0.456 e. The molecular formula is C23H21N2O+. The van der Waals surface area contributed by atoms with Gasteiger partial charge in [0.25, 0.3) is 0 Å². The highest BCUT2D eigenvalue weighted by Crippen LogP contribution is 2.39. The number of nitrogens with zero attached hydrogens (tertiary/aromatic N) is 2. The van der Waals surface area contributed by atoms with Crippen LogP contribution in [-0.2, 0) is 7.05 Å². The molecule has 2 aromatic carbocycles. The average molecular weight is 341 g/mol. The Hall–Kier alpha value is -3.12. The summed E-state index contributed by atoms with van der Waals surface area (Å²) in [5, 5.41) is 11.7. The molecule has 0 fully saturated rings. The van der Waals surface area contributed by atoms with Crippen molar-refractivity contribution in [3.63, 3.8) is 0 Å². The third-order valence-electron chi connectivity index (χ3n) is 5.07.